The van der Waals surface area contributed by atoms with E-state index in [1.165, 1.54) is 11.8 Å². The second-order valence-corrected chi connectivity index (χ2v) is 8.93. The van der Waals surface area contributed by atoms with Crippen LogP contribution in [0.3, 0.4) is 0 Å². The first-order valence-corrected chi connectivity index (χ1v) is 12.0. The van der Waals surface area contributed by atoms with Crippen LogP contribution in [0, 0.1) is 11.8 Å². The van der Waals surface area contributed by atoms with Crippen molar-refractivity contribution in [2.24, 2.45) is 17.6 Å². The Hall–Kier alpha value is -4.41. The highest BCUT2D eigenvalue weighted by atomic mass is 16.6. The number of rotatable bonds is 9. The summed E-state index contributed by atoms with van der Waals surface area (Å²) in [7, 11) is 2.17. The minimum atomic E-state index is -1.51. The summed E-state index contributed by atoms with van der Waals surface area (Å²) in [6, 6.07) is 14.0. The molecule has 2 aromatic carbocycles. The normalized spacial score (nSPS) is 16.0. The maximum absolute atomic E-state index is 13.5. The molecule has 0 saturated heterocycles. The van der Waals surface area contributed by atoms with Crippen molar-refractivity contribution in [1.29, 1.82) is 0 Å². The molecule has 3 N–H and O–H groups in total. The van der Waals surface area contributed by atoms with Crippen LogP contribution in [-0.4, -0.2) is 61.0 Å². The van der Waals surface area contributed by atoms with Gasteiger partial charge in [0.05, 0.1) is 20.8 Å². The Labute approximate surface area is 220 Å². The number of hydrogen-bond acceptors (Lipinski definition) is 8. The van der Waals surface area contributed by atoms with Gasteiger partial charge in [0.15, 0.2) is 5.92 Å². The maximum atomic E-state index is 13.5. The van der Waals surface area contributed by atoms with Crippen molar-refractivity contribution in [2.75, 3.05) is 14.2 Å². The van der Waals surface area contributed by atoms with Gasteiger partial charge in [0, 0.05) is 12.3 Å². The number of carbonyl (C=O) groups is 5. The molecule has 0 unspecified atom stereocenters. The highest BCUT2D eigenvalue weighted by Crippen LogP contribution is 2.26. The number of nitrogens with zero attached hydrogens (tertiary/aromatic N) is 1. The number of primary amides is 1. The number of amides is 3. The van der Waals surface area contributed by atoms with E-state index < -0.39 is 53.8 Å². The van der Waals surface area contributed by atoms with E-state index in [9.17, 15) is 24.0 Å². The van der Waals surface area contributed by atoms with Gasteiger partial charge < -0.3 is 25.3 Å². The van der Waals surface area contributed by atoms with Gasteiger partial charge in [-0.05, 0) is 16.7 Å². The van der Waals surface area contributed by atoms with Crippen LogP contribution in [0.2, 0.25) is 0 Å². The first-order valence-electron chi connectivity index (χ1n) is 12.0. The first kappa shape index (κ1) is 28.2. The lowest BCUT2D eigenvalue weighted by Gasteiger charge is -2.36. The van der Waals surface area contributed by atoms with Crippen molar-refractivity contribution in [2.45, 2.75) is 38.6 Å². The zero-order valence-electron chi connectivity index (χ0n) is 21.4. The van der Waals surface area contributed by atoms with Crippen LogP contribution in [0.5, 0.6) is 0 Å². The van der Waals surface area contributed by atoms with E-state index in [1.807, 2.05) is 42.5 Å². The third-order valence-electron chi connectivity index (χ3n) is 6.56. The van der Waals surface area contributed by atoms with Crippen molar-refractivity contribution in [1.82, 2.24) is 10.2 Å². The molecule has 202 valence electrons. The number of nitrogens with one attached hydrogen (secondary N) is 1. The lowest BCUT2D eigenvalue weighted by atomic mass is 9.86. The molecule has 0 aliphatic carbocycles. The molecule has 1 heterocycles. The average molecular weight is 526 g/mol. The molecule has 0 saturated carbocycles. The van der Waals surface area contributed by atoms with Crippen molar-refractivity contribution in [3.8, 4) is 0 Å². The Kier molecular flexibility index (Phi) is 9.42. The van der Waals surface area contributed by atoms with E-state index in [1.54, 1.807) is 12.1 Å². The van der Waals surface area contributed by atoms with Gasteiger partial charge >= 0.3 is 18.0 Å². The molecule has 38 heavy (non-hydrogen) atoms. The largest absolute Gasteiger partial charge is 0.468 e. The van der Waals surface area contributed by atoms with Crippen LogP contribution in [0.1, 0.15) is 23.6 Å². The fourth-order valence-electron chi connectivity index (χ4n) is 4.43. The van der Waals surface area contributed by atoms with Crippen molar-refractivity contribution in [3.05, 3.63) is 71.3 Å². The topological polar surface area (TPSA) is 154 Å². The molecule has 11 heteroatoms. The van der Waals surface area contributed by atoms with Crippen LogP contribution in [0.15, 0.2) is 54.6 Å². The molecule has 3 amide bonds. The molecule has 1 aliphatic rings. The van der Waals surface area contributed by atoms with Crippen molar-refractivity contribution >= 4 is 29.8 Å². The molecule has 0 bridgehead atoms. The van der Waals surface area contributed by atoms with E-state index in [-0.39, 0.29) is 19.6 Å². The van der Waals surface area contributed by atoms with Crippen LogP contribution in [0.4, 0.5) is 4.79 Å². The molecule has 3 atom stereocenters. The van der Waals surface area contributed by atoms with Gasteiger partial charge in [-0.15, -0.1) is 0 Å². The first-order chi connectivity index (χ1) is 18.2. The summed E-state index contributed by atoms with van der Waals surface area (Å²) in [6.45, 7) is 1.51. The number of fused-ring (bicyclic) bond motifs is 1. The van der Waals surface area contributed by atoms with E-state index in [2.05, 4.69) is 14.8 Å². The van der Waals surface area contributed by atoms with E-state index in [0.717, 1.165) is 30.9 Å². The summed E-state index contributed by atoms with van der Waals surface area (Å²) in [5.74, 6) is -6.17. The van der Waals surface area contributed by atoms with Crippen LogP contribution in [0.25, 0.3) is 0 Å². The van der Waals surface area contributed by atoms with E-state index >= 15 is 0 Å². The zero-order chi connectivity index (χ0) is 27.8. The third kappa shape index (κ3) is 6.47. The summed E-state index contributed by atoms with van der Waals surface area (Å²) in [6.07, 6.45) is -0.561. The standard InChI is InChI=1S/C27H31N3O8/c1-16(21(25(33)36-2)26(34)37-3)22(23(28)31)29-24(32)20-13-18-11-7-8-12-19(18)14-30(20)27(35)38-15-17-9-5-4-6-10-17/h4-12,16,20-22H,13-15H2,1-3H3,(H2,28,31)(H,29,32)/t16-,20+,22+/m1/s1. The Morgan fingerprint density at radius 3 is 2.11 bits per heavy atom. The third-order valence-corrected chi connectivity index (χ3v) is 6.56. The second-order valence-electron chi connectivity index (χ2n) is 8.93. The molecular weight excluding hydrogens is 494 g/mol. The maximum Gasteiger partial charge on any atom is 0.411 e. The second kappa shape index (κ2) is 12.7. The summed E-state index contributed by atoms with van der Waals surface area (Å²) in [5.41, 5.74) is 8.04. The molecular formula is C27H31N3O8. The number of benzene rings is 2. The molecule has 0 spiro atoms. The summed E-state index contributed by atoms with van der Waals surface area (Å²) in [5, 5.41) is 2.54. The SMILES string of the molecule is COC(=O)C(C(=O)OC)[C@@H](C)[C@H](NC(=O)[C@@H]1Cc2ccccc2CN1C(=O)OCc1ccccc1)C(N)=O. The highest BCUT2D eigenvalue weighted by Gasteiger charge is 2.43. The Balaban J connectivity index is 1.85. The van der Waals surface area contributed by atoms with E-state index in [0.29, 0.717) is 0 Å². The summed E-state index contributed by atoms with van der Waals surface area (Å²) in [4.78, 5) is 64.8. The fourth-order valence-corrected chi connectivity index (χ4v) is 4.43. The van der Waals surface area contributed by atoms with Gasteiger partial charge in [-0.25, -0.2) is 4.79 Å². The Morgan fingerprint density at radius 2 is 1.53 bits per heavy atom. The lowest BCUT2D eigenvalue weighted by Crippen LogP contribution is -2.59. The Morgan fingerprint density at radius 1 is 0.947 bits per heavy atom. The zero-order valence-corrected chi connectivity index (χ0v) is 21.4. The number of hydrogen-bond donors (Lipinski definition) is 2. The minimum absolute atomic E-state index is 0.00699. The van der Waals surface area contributed by atoms with Crippen molar-refractivity contribution in [3.63, 3.8) is 0 Å². The molecule has 1 aliphatic heterocycles. The van der Waals surface area contributed by atoms with Gasteiger partial charge in [0.1, 0.15) is 18.7 Å². The predicted molar refractivity (Wildman–Crippen MR) is 134 cm³/mol. The summed E-state index contributed by atoms with van der Waals surface area (Å²) >= 11 is 0. The van der Waals surface area contributed by atoms with Gasteiger partial charge in [0.2, 0.25) is 11.8 Å². The fraction of sp³-hybridized carbons (Fsp3) is 0.370. The molecule has 0 fully saturated rings. The molecule has 0 aromatic heterocycles. The highest BCUT2D eigenvalue weighted by molar-refractivity contribution is 5.97. The number of carbonyl (C=O) groups excluding carboxylic acids is 5. The van der Waals surface area contributed by atoms with E-state index in [4.69, 9.17) is 10.5 Å². The minimum Gasteiger partial charge on any atom is -0.468 e. The number of ether oxygens (including phenoxy) is 3. The lowest BCUT2D eigenvalue weighted by molar-refractivity contribution is -0.162. The number of methoxy groups -OCH3 is 2. The summed E-state index contributed by atoms with van der Waals surface area (Å²) < 4.78 is 14.9. The molecule has 0 radical (unpaired) electrons. The van der Waals surface area contributed by atoms with Crippen LogP contribution in [-0.2, 0) is 53.0 Å². The predicted octanol–water partition coefficient (Wildman–Crippen LogP) is 1.32. The van der Waals surface area contributed by atoms with Crippen LogP contribution >= 0.6 is 0 Å². The molecule has 11 nitrogen and oxygen atoms in total. The Bertz CT molecular complexity index is 1170. The number of esters is 2. The average Bonchev–Trinajstić information content (AvgIpc) is 2.93. The van der Waals surface area contributed by atoms with Gasteiger partial charge in [-0.2, -0.15) is 0 Å². The quantitative estimate of drug-likeness (QED) is 0.282. The van der Waals surface area contributed by atoms with Gasteiger partial charge in [-0.1, -0.05) is 61.5 Å². The molecule has 2 aromatic rings. The monoisotopic (exact) mass is 525 g/mol. The van der Waals surface area contributed by atoms with Crippen molar-refractivity contribution < 1.29 is 38.2 Å². The van der Waals surface area contributed by atoms with Crippen LogP contribution < -0.4 is 11.1 Å². The van der Waals surface area contributed by atoms with Gasteiger partial charge in [-0.3, -0.25) is 24.1 Å². The van der Waals surface area contributed by atoms with Gasteiger partial charge in [0.25, 0.3) is 0 Å². The molecule has 3 rings (SSSR count). The smallest absolute Gasteiger partial charge is 0.411 e. The number of nitrogens with two attached hydrogens (primary N) is 1.